The molecule has 0 amide bonds. The van der Waals surface area contributed by atoms with Crippen molar-refractivity contribution < 1.29 is 9.90 Å². The van der Waals surface area contributed by atoms with Gasteiger partial charge in [0.05, 0.1) is 0 Å². The van der Waals surface area contributed by atoms with Crippen molar-refractivity contribution in [1.29, 1.82) is 0 Å². The lowest BCUT2D eigenvalue weighted by Gasteiger charge is -2.40. The van der Waals surface area contributed by atoms with E-state index in [1.165, 1.54) is 6.42 Å². The van der Waals surface area contributed by atoms with Crippen LogP contribution in [0.1, 0.15) is 19.8 Å². The number of carboxylic acid groups (broad SMARTS) is 1. The first kappa shape index (κ1) is 17.2. The maximum absolute atomic E-state index is 11.2. The molecule has 3 heterocycles. The smallest absolute Gasteiger partial charge is 0.320 e. The topological polar surface area (TPSA) is 59.9 Å². The zero-order valence-corrected chi connectivity index (χ0v) is 14.5. The van der Waals surface area contributed by atoms with Gasteiger partial charge in [-0.05, 0) is 44.4 Å². The number of carbonyl (C=O) groups is 1. The molecule has 0 radical (unpaired) electrons. The molecule has 0 bridgehead atoms. The summed E-state index contributed by atoms with van der Waals surface area (Å²) in [6.07, 6.45) is 4.17. The minimum Gasteiger partial charge on any atom is -0.480 e. The highest BCUT2D eigenvalue weighted by atomic mass is 16.4. The number of likely N-dealkylation sites (tertiary alicyclic amines) is 1. The predicted octanol–water partition coefficient (Wildman–Crippen LogP) is 1.39. The van der Waals surface area contributed by atoms with Crippen LogP contribution < -0.4 is 4.90 Å². The fourth-order valence-corrected chi connectivity index (χ4v) is 3.82. The maximum Gasteiger partial charge on any atom is 0.320 e. The molecule has 0 spiro atoms. The number of piperidine rings is 1. The van der Waals surface area contributed by atoms with Crippen LogP contribution in [0.2, 0.25) is 0 Å². The quantitative estimate of drug-likeness (QED) is 0.879. The van der Waals surface area contributed by atoms with E-state index in [0.717, 1.165) is 58.1 Å². The van der Waals surface area contributed by atoms with Crippen LogP contribution in [0.4, 0.5) is 5.82 Å². The van der Waals surface area contributed by atoms with Crippen molar-refractivity contribution in [2.24, 2.45) is 5.92 Å². The van der Waals surface area contributed by atoms with Gasteiger partial charge in [-0.1, -0.05) is 6.07 Å². The highest BCUT2D eigenvalue weighted by molar-refractivity contribution is 5.72. The molecule has 0 aliphatic carbocycles. The Balaban J connectivity index is 1.46. The highest BCUT2D eigenvalue weighted by Gasteiger charge is 2.29. The summed E-state index contributed by atoms with van der Waals surface area (Å²) in [5, 5.41) is 9.22. The van der Waals surface area contributed by atoms with Crippen LogP contribution in [0.5, 0.6) is 0 Å². The van der Waals surface area contributed by atoms with E-state index < -0.39 is 5.97 Å². The third kappa shape index (κ3) is 4.24. The fraction of sp³-hybridized carbons (Fsp3) is 0.667. The molecule has 2 atom stereocenters. The molecule has 1 aromatic heterocycles. The van der Waals surface area contributed by atoms with Gasteiger partial charge in [0.25, 0.3) is 0 Å². The van der Waals surface area contributed by atoms with Crippen LogP contribution in [0, 0.1) is 5.92 Å². The summed E-state index contributed by atoms with van der Waals surface area (Å²) in [5.74, 6) is 0.942. The zero-order chi connectivity index (χ0) is 16.9. The molecule has 0 unspecified atom stereocenters. The van der Waals surface area contributed by atoms with Crippen LogP contribution in [0.3, 0.4) is 0 Å². The Morgan fingerprint density at radius 3 is 2.75 bits per heavy atom. The molecule has 2 aliphatic heterocycles. The number of nitrogens with zero attached hydrogens (tertiary/aromatic N) is 4. The number of piperazine rings is 1. The Labute approximate surface area is 144 Å². The number of aromatic nitrogens is 1. The summed E-state index contributed by atoms with van der Waals surface area (Å²) in [7, 11) is 0. The van der Waals surface area contributed by atoms with Crippen molar-refractivity contribution in [1.82, 2.24) is 14.8 Å². The third-order valence-electron chi connectivity index (χ3n) is 5.32. The lowest BCUT2D eigenvalue weighted by molar-refractivity contribution is -0.143. The number of aliphatic carboxylic acids is 1. The minimum atomic E-state index is -0.709. The van der Waals surface area contributed by atoms with E-state index in [2.05, 4.69) is 25.8 Å². The van der Waals surface area contributed by atoms with Gasteiger partial charge in [0.15, 0.2) is 0 Å². The molecule has 6 heteroatoms. The second kappa shape index (κ2) is 7.94. The van der Waals surface area contributed by atoms with Gasteiger partial charge < -0.3 is 10.0 Å². The number of carboxylic acids is 1. The second-order valence-electron chi connectivity index (χ2n) is 6.99. The highest BCUT2D eigenvalue weighted by Crippen LogP contribution is 2.21. The van der Waals surface area contributed by atoms with Crippen molar-refractivity contribution in [3.05, 3.63) is 24.4 Å². The van der Waals surface area contributed by atoms with Crippen LogP contribution in [0.15, 0.2) is 24.4 Å². The monoisotopic (exact) mass is 332 g/mol. The normalized spacial score (nSPS) is 24.7. The first-order valence-corrected chi connectivity index (χ1v) is 8.98. The molecule has 0 aromatic carbocycles. The molecular formula is C18H28N4O2. The van der Waals surface area contributed by atoms with E-state index in [0.29, 0.717) is 5.92 Å². The van der Waals surface area contributed by atoms with Gasteiger partial charge in [-0.3, -0.25) is 14.6 Å². The maximum atomic E-state index is 11.2. The van der Waals surface area contributed by atoms with Crippen molar-refractivity contribution in [3.8, 4) is 0 Å². The molecule has 3 rings (SSSR count). The molecule has 132 valence electrons. The molecule has 2 aliphatic rings. The Bertz CT molecular complexity index is 531. The predicted molar refractivity (Wildman–Crippen MR) is 94.3 cm³/mol. The molecule has 2 fully saturated rings. The zero-order valence-electron chi connectivity index (χ0n) is 14.5. The van der Waals surface area contributed by atoms with E-state index in [4.69, 9.17) is 0 Å². The van der Waals surface area contributed by atoms with Crippen LogP contribution >= 0.6 is 0 Å². The number of anilines is 1. The fourth-order valence-electron chi connectivity index (χ4n) is 3.82. The Hall–Kier alpha value is -1.66. The van der Waals surface area contributed by atoms with Crippen molar-refractivity contribution in [3.63, 3.8) is 0 Å². The standard InChI is InChI=1S/C18H28N4O2/c1-15(18(23)24)22-8-4-5-16(14-22)13-20-9-11-21(12-10-20)17-6-2-3-7-19-17/h2-3,6-7,15-16H,4-5,8-14H2,1H3,(H,23,24)/t15-,16-/m1/s1. The van der Waals surface area contributed by atoms with E-state index in [9.17, 15) is 9.90 Å². The number of hydrogen-bond donors (Lipinski definition) is 1. The lowest BCUT2D eigenvalue weighted by Crippen LogP contribution is -2.51. The summed E-state index contributed by atoms with van der Waals surface area (Å²) in [6, 6.07) is 5.69. The van der Waals surface area contributed by atoms with Crippen LogP contribution in [-0.4, -0.2) is 77.7 Å². The van der Waals surface area contributed by atoms with E-state index in [1.807, 2.05) is 18.3 Å². The molecule has 1 aromatic rings. The van der Waals surface area contributed by atoms with Crippen molar-refractivity contribution in [2.75, 3.05) is 50.7 Å². The summed E-state index contributed by atoms with van der Waals surface area (Å²) in [6.45, 7) is 8.85. The van der Waals surface area contributed by atoms with Crippen molar-refractivity contribution >= 4 is 11.8 Å². The van der Waals surface area contributed by atoms with E-state index in [-0.39, 0.29) is 6.04 Å². The average molecular weight is 332 g/mol. The Morgan fingerprint density at radius 2 is 2.08 bits per heavy atom. The van der Waals surface area contributed by atoms with E-state index in [1.54, 1.807) is 6.92 Å². The summed E-state index contributed by atoms with van der Waals surface area (Å²) in [5.41, 5.74) is 0. The first-order chi connectivity index (χ1) is 11.6. The summed E-state index contributed by atoms with van der Waals surface area (Å²) in [4.78, 5) is 22.6. The number of hydrogen-bond acceptors (Lipinski definition) is 5. The molecule has 1 N–H and O–H groups in total. The van der Waals surface area contributed by atoms with Gasteiger partial charge in [0.2, 0.25) is 0 Å². The van der Waals surface area contributed by atoms with Gasteiger partial charge in [-0.15, -0.1) is 0 Å². The molecule has 24 heavy (non-hydrogen) atoms. The second-order valence-corrected chi connectivity index (χ2v) is 6.99. The van der Waals surface area contributed by atoms with Crippen molar-refractivity contribution in [2.45, 2.75) is 25.8 Å². The average Bonchev–Trinajstić information content (AvgIpc) is 2.62. The molecule has 2 saturated heterocycles. The van der Waals surface area contributed by atoms with Crippen LogP contribution in [0.25, 0.3) is 0 Å². The van der Waals surface area contributed by atoms with Gasteiger partial charge in [-0.25, -0.2) is 4.98 Å². The number of pyridine rings is 1. The third-order valence-corrected chi connectivity index (χ3v) is 5.32. The number of rotatable bonds is 5. The van der Waals surface area contributed by atoms with Gasteiger partial charge in [-0.2, -0.15) is 0 Å². The molecule has 6 nitrogen and oxygen atoms in total. The first-order valence-electron chi connectivity index (χ1n) is 8.98. The SMILES string of the molecule is C[C@H](C(=O)O)N1CCC[C@H](CN2CCN(c3ccccn3)CC2)C1. The molecule has 0 saturated carbocycles. The Kier molecular flexibility index (Phi) is 5.68. The van der Waals surface area contributed by atoms with Gasteiger partial charge in [0, 0.05) is 45.5 Å². The van der Waals surface area contributed by atoms with Gasteiger partial charge in [0.1, 0.15) is 11.9 Å². The Morgan fingerprint density at radius 1 is 1.29 bits per heavy atom. The van der Waals surface area contributed by atoms with Gasteiger partial charge >= 0.3 is 5.97 Å². The minimum absolute atomic E-state index is 0.367. The summed E-state index contributed by atoms with van der Waals surface area (Å²) < 4.78 is 0. The molecular weight excluding hydrogens is 304 g/mol. The lowest BCUT2D eigenvalue weighted by atomic mass is 9.96. The van der Waals surface area contributed by atoms with E-state index >= 15 is 0 Å². The largest absolute Gasteiger partial charge is 0.480 e. The van der Waals surface area contributed by atoms with Crippen LogP contribution in [-0.2, 0) is 4.79 Å². The summed E-state index contributed by atoms with van der Waals surface area (Å²) >= 11 is 0.